The third kappa shape index (κ3) is 3.32. The van der Waals surface area contributed by atoms with E-state index in [0.29, 0.717) is 18.2 Å². The molecular weight excluding hydrogens is 314 g/mol. The Bertz CT molecular complexity index is 755. The highest BCUT2D eigenvalue weighted by Crippen LogP contribution is 2.36. The number of nitrogens with zero attached hydrogens (tertiary/aromatic N) is 3. The summed E-state index contributed by atoms with van der Waals surface area (Å²) in [4.78, 5) is 19.3. The maximum absolute atomic E-state index is 12.9. The van der Waals surface area contributed by atoms with Crippen molar-refractivity contribution in [3.8, 4) is 0 Å². The Morgan fingerprint density at radius 2 is 2.20 bits per heavy atom. The van der Waals surface area contributed by atoms with Crippen LogP contribution in [0.2, 0.25) is 0 Å². The first-order chi connectivity index (χ1) is 12.2. The summed E-state index contributed by atoms with van der Waals surface area (Å²) in [7, 11) is 0. The number of carbonyl (C=O) groups excluding carboxylic acids is 1. The molecule has 1 aliphatic carbocycles. The average Bonchev–Trinajstić information content (AvgIpc) is 3.29. The summed E-state index contributed by atoms with van der Waals surface area (Å²) < 4.78 is 5.24. The number of rotatable bonds is 4. The lowest BCUT2D eigenvalue weighted by molar-refractivity contribution is -0.132. The molecule has 0 spiro atoms. The first kappa shape index (κ1) is 16.3. The number of aryl methyl sites for hydroxylation is 2. The molecule has 2 heterocycles. The van der Waals surface area contributed by atoms with Gasteiger partial charge in [0.2, 0.25) is 11.8 Å². The molecule has 1 amide bonds. The second-order valence-electron chi connectivity index (χ2n) is 7.22. The van der Waals surface area contributed by atoms with Crippen LogP contribution in [-0.4, -0.2) is 34.0 Å². The van der Waals surface area contributed by atoms with Crippen LogP contribution >= 0.6 is 0 Å². The largest absolute Gasteiger partial charge is 0.342 e. The second-order valence-corrected chi connectivity index (χ2v) is 7.22. The zero-order valence-electron chi connectivity index (χ0n) is 14.8. The van der Waals surface area contributed by atoms with Gasteiger partial charge in [-0.1, -0.05) is 36.3 Å². The van der Waals surface area contributed by atoms with Crippen molar-refractivity contribution in [3.05, 3.63) is 47.1 Å². The number of likely N-dealkylation sites (tertiary alicyclic amines) is 1. The van der Waals surface area contributed by atoms with Crippen molar-refractivity contribution in [2.75, 3.05) is 13.1 Å². The van der Waals surface area contributed by atoms with Crippen LogP contribution in [0.25, 0.3) is 0 Å². The predicted octanol–water partition coefficient (Wildman–Crippen LogP) is 3.46. The molecule has 1 aromatic heterocycles. The summed E-state index contributed by atoms with van der Waals surface area (Å²) in [5.41, 5.74) is 2.78. The van der Waals surface area contributed by atoms with Crippen molar-refractivity contribution in [2.24, 2.45) is 0 Å². The number of amides is 1. The fraction of sp³-hybridized carbons (Fsp3) is 0.550. The van der Waals surface area contributed by atoms with Gasteiger partial charge in [0, 0.05) is 31.8 Å². The lowest BCUT2D eigenvalue weighted by Gasteiger charge is -2.32. The number of carbonyl (C=O) groups is 1. The van der Waals surface area contributed by atoms with Crippen LogP contribution < -0.4 is 0 Å². The molecule has 0 N–H and O–H groups in total. The van der Waals surface area contributed by atoms with Crippen LogP contribution in [0.1, 0.15) is 67.3 Å². The molecule has 4 rings (SSSR count). The van der Waals surface area contributed by atoms with E-state index in [2.05, 4.69) is 34.4 Å². The van der Waals surface area contributed by atoms with Gasteiger partial charge >= 0.3 is 0 Å². The Morgan fingerprint density at radius 3 is 3.04 bits per heavy atom. The van der Waals surface area contributed by atoms with Crippen LogP contribution in [-0.2, 0) is 17.6 Å². The Morgan fingerprint density at radius 1 is 1.32 bits per heavy atom. The molecule has 2 atom stereocenters. The Balaban J connectivity index is 1.40. The summed E-state index contributed by atoms with van der Waals surface area (Å²) >= 11 is 0. The predicted molar refractivity (Wildman–Crippen MR) is 94.4 cm³/mol. The molecule has 1 aliphatic heterocycles. The van der Waals surface area contributed by atoms with Gasteiger partial charge in [0.05, 0.1) is 0 Å². The van der Waals surface area contributed by atoms with Crippen LogP contribution in [0.4, 0.5) is 0 Å². The summed E-state index contributed by atoms with van der Waals surface area (Å²) in [6.45, 7) is 3.57. The summed E-state index contributed by atoms with van der Waals surface area (Å²) in [6, 6.07) is 8.55. The van der Waals surface area contributed by atoms with E-state index < -0.39 is 0 Å². The third-order valence-electron chi connectivity index (χ3n) is 5.60. The first-order valence-corrected chi connectivity index (χ1v) is 9.42. The number of hydrogen-bond acceptors (Lipinski definition) is 4. The van der Waals surface area contributed by atoms with Crippen LogP contribution in [0.15, 0.2) is 28.8 Å². The summed E-state index contributed by atoms with van der Waals surface area (Å²) in [5.74, 6) is 2.30. The lowest BCUT2D eigenvalue weighted by Crippen LogP contribution is -2.39. The summed E-state index contributed by atoms with van der Waals surface area (Å²) in [6.07, 6.45) is 5.60. The third-order valence-corrected chi connectivity index (χ3v) is 5.60. The molecule has 0 radical (unpaired) electrons. The van der Waals surface area contributed by atoms with E-state index in [9.17, 15) is 4.79 Å². The van der Waals surface area contributed by atoms with Gasteiger partial charge < -0.3 is 9.42 Å². The maximum atomic E-state index is 12.9. The molecule has 0 unspecified atom stereocenters. The highest BCUT2D eigenvalue weighted by Gasteiger charge is 2.31. The topological polar surface area (TPSA) is 59.2 Å². The van der Waals surface area contributed by atoms with E-state index in [-0.39, 0.29) is 11.8 Å². The van der Waals surface area contributed by atoms with Crippen molar-refractivity contribution < 1.29 is 9.32 Å². The van der Waals surface area contributed by atoms with Gasteiger partial charge in [-0.25, -0.2) is 0 Å². The normalized spacial score (nSPS) is 22.8. The number of benzene rings is 1. The Labute approximate surface area is 148 Å². The fourth-order valence-electron chi connectivity index (χ4n) is 4.19. The van der Waals surface area contributed by atoms with E-state index in [1.54, 1.807) is 0 Å². The zero-order valence-corrected chi connectivity index (χ0v) is 14.8. The van der Waals surface area contributed by atoms with Crippen molar-refractivity contribution >= 4 is 5.91 Å². The van der Waals surface area contributed by atoms with Crippen molar-refractivity contribution in [1.29, 1.82) is 0 Å². The summed E-state index contributed by atoms with van der Waals surface area (Å²) in [5, 5.41) is 4.11. The molecule has 0 saturated carbocycles. The molecule has 132 valence electrons. The zero-order chi connectivity index (χ0) is 17.2. The minimum atomic E-state index is 0.206. The molecular formula is C20H25N3O2. The molecule has 1 fully saturated rings. The van der Waals surface area contributed by atoms with Crippen LogP contribution in [0.3, 0.4) is 0 Å². The first-order valence-electron chi connectivity index (χ1n) is 9.42. The van der Waals surface area contributed by atoms with Gasteiger partial charge in [-0.15, -0.1) is 0 Å². The highest BCUT2D eigenvalue weighted by atomic mass is 16.5. The van der Waals surface area contributed by atoms with E-state index >= 15 is 0 Å². The van der Waals surface area contributed by atoms with E-state index in [1.165, 1.54) is 11.1 Å². The van der Waals surface area contributed by atoms with Gasteiger partial charge in [0.1, 0.15) is 0 Å². The fourth-order valence-corrected chi connectivity index (χ4v) is 4.19. The lowest BCUT2D eigenvalue weighted by atomic mass is 9.94. The highest BCUT2D eigenvalue weighted by molar-refractivity contribution is 5.77. The molecule has 2 aromatic rings. The molecule has 1 aromatic carbocycles. The quantitative estimate of drug-likeness (QED) is 0.856. The Hall–Kier alpha value is -2.17. The molecule has 1 saturated heterocycles. The smallest absolute Gasteiger partial charge is 0.226 e. The van der Waals surface area contributed by atoms with Gasteiger partial charge in [-0.05, 0) is 42.7 Å². The number of fused-ring (bicyclic) bond motifs is 1. The Kier molecular flexibility index (Phi) is 4.55. The monoisotopic (exact) mass is 339 g/mol. The standard InChI is InChI=1S/C20H25N3O2/c1-2-18-21-20(22-25-18)16-7-5-11-23(13-16)19(24)12-15-10-9-14-6-3-4-8-17(14)15/h3-4,6,8,15-16H,2,5,7,9-13H2,1H3/t15-,16+/m0/s1. The minimum Gasteiger partial charge on any atom is -0.342 e. The van der Waals surface area contributed by atoms with Crippen molar-refractivity contribution in [3.63, 3.8) is 0 Å². The molecule has 25 heavy (non-hydrogen) atoms. The average molecular weight is 339 g/mol. The molecule has 0 bridgehead atoms. The van der Waals surface area contributed by atoms with Crippen molar-refractivity contribution in [1.82, 2.24) is 15.0 Å². The van der Waals surface area contributed by atoms with Gasteiger partial charge in [-0.3, -0.25) is 4.79 Å². The number of aromatic nitrogens is 2. The molecule has 5 heteroatoms. The van der Waals surface area contributed by atoms with Crippen LogP contribution in [0.5, 0.6) is 0 Å². The van der Waals surface area contributed by atoms with E-state index in [0.717, 1.165) is 51.0 Å². The number of piperidine rings is 1. The SMILES string of the molecule is CCc1nc([C@@H]2CCCN(C(=O)C[C@@H]3CCc4ccccc43)C2)no1. The second kappa shape index (κ2) is 6.98. The van der Waals surface area contributed by atoms with E-state index in [4.69, 9.17) is 4.52 Å². The number of hydrogen-bond donors (Lipinski definition) is 0. The molecule has 5 nitrogen and oxygen atoms in total. The maximum Gasteiger partial charge on any atom is 0.226 e. The molecule has 2 aliphatic rings. The van der Waals surface area contributed by atoms with Gasteiger partial charge in [0.15, 0.2) is 5.82 Å². The van der Waals surface area contributed by atoms with Crippen molar-refractivity contribution in [2.45, 2.75) is 57.3 Å². The van der Waals surface area contributed by atoms with Gasteiger partial charge in [-0.2, -0.15) is 4.98 Å². The minimum absolute atomic E-state index is 0.206. The van der Waals surface area contributed by atoms with Crippen LogP contribution in [0, 0.1) is 0 Å². The van der Waals surface area contributed by atoms with E-state index in [1.807, 2.05) is 11.8 Å². The van der Waals surface area contributed by atoms with Gasteiger partial charge in [0.25, 0.3) is 0 Å².